The highest BCUT2D eigenvalue weighted by molar-refractivity contribution is 7.91. The van der Waals surface area contributed by atoms with Gasteiger partial charge in [0, 0.05) is 12.5 Å². The van der Waals surface area contributed by atoms with Crippen LogP contribution in [0.3, 0.4) is 0 Å². The molecular formula is C12H16N4O2S2. The van der Waals surface area contributed by atoms with Gasteiger partial charge in [-0.3, -0.25) is 4.98 Å². The number of nitrogens with two attached hydrogens (primary N) is 1. The van der Waals surface area contributed by atoms with Crippen LogP contribution in [0.5, 0.6) is 0 Å². The van der Waals surface area contributed by atoms with Crippen molar-refractivity contribution in [2.75, 3.05) is 17.3 Å². The molecule has 0 aliphatic rings. The maximum atomic E-state index is 11.7. The first kappa shape index (κ1) is 14.7. The second-order valence-electron chi connectivity index (χ2n) is 4.31. The summed E-state index contributed by atoms with van der Waals surface area (Å²) in [6.45, 7) is 2.49. The van der Waals surface area contributed by atoms with Crippen molar-refractivity contribution in [1.29, 1.82) is 0 Å². The van der Waals surface area contributed by atoms with Gasteiger partial charge in [0.1, 0.15) is 9.90 Å². The Morgan fingerprint density at radius 3 is 2.85 bits per heavy atom. The van der Waals surface area contributed by atoms with Gasteiger partial charge >= 0.3 is 0 Å². The van der Waals surface area contributed by atoms with Gasteiger partial charge < -0.3 is 11.1 Å². The second-order valence-corrected chi connectivity index (χ2v) is 7.04. The van der Waals surface area contributed by atoms with Gasteiger partial charge in [-0.25, -0.2) is 8.42 Å². The molecule has 6 nitrogen and oxygen atoms in total. The molecule has 3 N–H and O–H groups in total. The SMILES string of the molecule is CCc1cccnc1CNc1snc(N)c1S(C)(=O)=O. The van der Waals surface area contributed by atoms with Crippen LogP contribution in [0.4, 0.5) is 10.8 Å². The maximum absolute atomic E-state index is 11.7. The van der Waals surface area contributed by atoms with E-state index in [1.165, 1.54) is 0 Å². The van der Waals surface area contributed by atoms with E-state index in [2.05, 4.69) is 14.7 Å². The van der Waals surface area contributed by atoms with E-state index in [1.807, 2.05) is 19.1 Å². The van der Waals surface area contributed by atoms with Crippen molar-refractivity contribution < 1.29 is 8.42 Å². The normalized spacial score (nSPS) is 11.5. The number of aryl methyl sites for hydroxylation is 1. The van der Waals surface area contributed by atoms with Crippen molar-refractivity contribution in [2.24, 2.45) is 0 Å². The number of rotatable bonds is 5. The van der Waals surface area contributed by atoms with Gasteiger partial charge in [0.05, 0.1) is 12.2 Å². The third kappa shape index (κ3) is 3.07. The van der Waals surface area contributed by atoms with E-state index >= 15 is 0 Å². The summed E-state index contributed by atoms with van der Waals surface area (Å²) in [6, 6.07) is 3.89. The molecule has 2 rings (SSSR count). The van der Waals surface area contributed by atoms with Gasteiger partial charge in [0.15, 0.2) is 15.7 Å². The molecule has 0 aliphatic heterocycles. The lowest BCUT2D eigenvalue weighted by molar-refractivity contribution is 0.602. The molecule has 0 unspecified atom stereocenters. The minimum absolute atomic E-state index is 0.0386. The van der Waals surface area contributed by atoms with Crippen molar-refractivity contribution in [3.05, 3.63) is 29.6 Å². The number of aromatic nitrogens is 2. The van der Waals surface area contributed by atoms with Crippen LogP contribution >= 0.6 is 11.5 Å². The van der Waals surface area contributed by atoms with Crippen molar-refractivity contribution in [3.63, 3.8) is 0 Å². The fourth-order valence-electron chi connectivity index (χ4n) is 1.88. The second kappa shape index (κ2) is 5.76. The molecule has 0 radical (unpaired) electrons. The molecule has 0 aliphatic carbocycles. The molecule has 0 amide bonds. The van der Waals surface area contributed by atoms with E-state index in [0.29, 0.717) is 11.5 Å². The van der Waals surface area contributed by atoms with Crippen molar-refractivity contribution in [3.8, 4) is 0 Å². The average molecular weight is 312 g/mol. The van der Waals surface area contributed by atoms with Gasteiger partial charge in [0.2, 0.25) is 0 Å². The fraction of sp³-hybridized carbons (Fsp3) is 0.333. The summed E-state index contributed by atoms with van der Waals surface area (Å²) >= 11 is 1.04. The lowest BCUT2D eigenvalue weighted by Gasteiger charge is -2.08. The van der Waals surface area contributed by atoms with Gasteiger partial charge in [-0.2, -0.15) is 4.37 Å². The molecule has 0 spiro atoms. The van der Waals surface area contributed by atoms with E-state index < -0.39 is 9.84 Å². The molecule has 20 heavy (non-hydrogen) atoms. The molecule has 0 atom stereocenters. The third-order valence-corrected chi connectivity index (χ3v) is 4.93. The molecule has 8 heteroatoms. The molecule has 0 saturated heterocycles. The minimum atomic E-state index is -3.40. The summed E-state index contributed by atoms with van der Waals surface area (Å²) in [4.78, 5) is 4.37. The average Bonchev–Trinajstić information content (AvgIpc) is 2.77. The van der Waals surface area contributed by atoms with Gasteiger partial charge in [-0.15, -0.1) is 0 Å². The zero-order valence-electron chi connectivity index (χ0n) is 11.3. The summed E-state index contributed by atoms with van der Waals surface area (Å²) < 4.78 is 27.3. The predicted molar refractivity (Wildman–Crippen MR) is 80.6 cm³/mol. The monoisotopic (exact) mass is 312 g/mol. The standard InChI is InChI=1S/C12H16N4O2S2/c1-3-8-5-4-6-14-9(8)7-15-12-10(20(2,17)18)11(13)16-19-12/h4-6,15H,3,7H2,1-2H3,(H2,13,16). The first-order valence-corrected chi connectivity index (χ1v) is 8.71. The first-order valence-electron chi connectivity index (χ1n) is 6.05. The number of hydrogen-bond donors (Lipinski definition) is 2. The maximum Gasteiger partial charge on any atom is 0.182 e. The highest BCUT2D eigenvalue weighted by Crippen LogP contribution is 2.31. The molecule has 0 bridgehead atoms. The smallest absolute Gasteiger partial charge is 0.182 e. The minimum Gasteiger partial charge on any atom is -0.382 e. The zero-order valence-corrected chi connectivity index (χ0v) is 12.9. The highest BCUT2D eigenvalue weighted by Gasteiger charge is 2.21. The summed E-state index contributed by atoms with van der Waals surface area (Å²) in [5.41, 5.74) is 7.63. The van der Waals surface area contributed by atoms with Crippen molar-refractivity contribution in [1.82, 2.24) is 9.36 Å². The third-order valence-electron chi connectivity index (χ3n) is 2.83. The number of sulfone groups is 1. The number of hydrogen-bond acceptors (Lipinski definition) is 7. The van der Waals surface area contributed by atoms with E-state index in [1.54, 1.807) is 6.20 Å². The van der Waals surface area contributed by atoms with Crippen LogP contribution in [0.1, 0.15) is 18.2 Å². The Balaban J connectivity index is 2.24. The van der Waals surface area contributed by atoms with E-state index in [0.717, 1.165) is 35.5 Å². The molecule has 2 heterocycles. The number of nitrogens with zero attached hydrogens (tertiary/aromatic N) is 2. The fourth-order valence-corrected chi connectivity index (χ4v) is 3.94. The largest absolute Gasteiger partial charge is 0.382 e. The van der Waals surface area contributed by atoms with E-state index in [9.17, 15) is 8.42 Å². The van der Waals surface area contributed by atoms with Crippen LogP contribution < -0.4 is 11.1 Å². The van der Waals surface area contributed by atoms with Crippen molar-refractivity contribution in [2.45, 2.75) is 24.8 Å². The molecule has 2 aromatic heterocycles. The highest BCUT2D eigenvalue weighted by atomic mass is 32.2. The molecule has 108 valence electrons. The molecule has 0 aromatic carbocycles. The summed E-state index contributed by atoms with van der Waals surface area (Å²) in [5, 5.41) is 3.52. The Bertz CT molecular complexity index is 710. The Kier molecular flexibility index (Phi) is 4.24. The zero-order chi connectivity index (χ0) is 14.8. The number of pyridine rings is 1. The van der Waals surface area contributed by atoms with Gasteiger partial charge in [-0.1, -0.05) is 13.0 Å². The van der Waals surface area contributed by atoms with Gasteiger partial charge in [0.25, 0.3) is 0 Å². The Morgan fingerprint density at radius 2 is 2.20 bits per heavy atom. The van der Waals surface area contributed by atoms with Crippen LogP contribution in [0.25, 0.3) is 0 Å². The predicted octanol–water partition coefficient (Wildman–Crippen LogP) is 1.70. The Hall–Kier alpha value is -1.67. The van der Waals surface area contributed by atoms with E-state index in [4.69, 9.17) is 5.73 Å². The van der Waals surface area contributed by atoms with Gasteiger partial charge in [-0.05, 0) is 29.6 Å². The number of nitrogens with one attached hydrogen (secondary N) is 1. The Labute approximate surface area is 122 Å². The van der Waals surface area contributed by atoms with Crippen LogP contribution in [-0.4, -0.2) is 24.0 Å². The lowest BCUT2D eigenvalue weighted by atomic mass is 10.1. The van der Waals surface area contributed by atoms with Crippen LogP contribution in [-0.2, 0) is 22.8 Å². The lowest BCUT2D eigenvalue weighted by Crippen LogP contribution is -2.08. The quantitative estimate of drug-likeness (QED) is 0.872. The molecule has 0 fully saturated rings. The molecular weight excluding hydrogens is 296 g/mol. The Morgan fingerprint density at radius 1 is 1.45 bits per heavy atom. The molecule has 2 aromatic rings. The molecule has 0 saturated carbocycles. The number of nitrogen functional groups attached to an aromatic ring is 1. The number of anilines is 2. The topological polar surface area (TPSA) is 98.0 Å². The van der Waals surface area contributed by atoms with Crippen LogP contribution in [0.15, 0.2) is 23.2 Å². The van der Waals surface area contributed by atoms with Crippen molar-refractivity contribution >= 4 is 32.2 Å². The van der Waals surface area contributed by atoms with Crippen LogP contribution in [0, 0.1) is 0 Å². The first-order chi connectivity index (χ1) is 9.43. The summed E-state index contributed by atoms with van der Waals surface area (Å²) in [7, 11) is -3.40. The van der Waals surface area contributed by atoms with Crippen LogP contribution in [0.2, 0.25) is 0 Å². The summed E-state index contributed by atoms with van der Waals surface area (Å²) in [6.07, 6.45) is 3.71. The van der Waals surface area contributed by atoms with E-state index in [-0.39, 0.29) is 10.7 Å². The summed E-state index contributed by atoms with van der Waals surface area (Å²) in [5.74, 6) is 0.0386.